The van der Waals surface area contributed by atoms with Gasteiger partial charge in [0.15, 0.2) is 0 Å². The molecule has 3 aromatic rings. The lowest BCUT2D eigenvalue weighted by atomic mass is 10.1. The van der Waals surface area contributed by atoms with Crippen molar-refractivity contribution < 1.29 is 9.13 Å². The molecule has 0 saturated carbocycles. The van der Waals surface area contributed by atoms with Crippen molar-refractivity contribution in [2.45, 2.75) is 0 Å². The van der Waals surface area contributed by atoms with Crippen molar-refractivity contribution >= 4 is 29.2 Å². The van der Waals surface area contributed by atoms with Crippen LogP contribution >= 0.6 is 11.6 Å². The molecular weight excluding hydrogens is 431 g/mol. The minimum Gasteiger partial charge on any atom is -0.378 e. The molecule has 2 fully saturated rings. The number of anilines is 3. The largest absolute Gasteiger partial charge is 0.378 e. The van der Waals surface area contributed by atoms with E-state index >= 15 is 0 Å². The van der Waals surface area contributed by atoms with Gasteiger partial charge in [0.05, 0.1) is 23.9 Å². The molecule has 2 saturated heterocycles. The van der Waals surface area contributed by atoms with E-state index in [-0.39, 0.29) is 5.02 Å². The van der Waals surface area contributed by atoms with Crippen molar-refractivity contribution in [3.05, 3.63) is 59.5 Å². The number of piperazine rings is 1. The Labute approximate surface area is 191 Å². The maximum absolute atomic E-state index is 13.7. The molecule has 0 atom stereocenters. The Bertz CT molecular complexity index is 1070. The highest BCUT2D eigenvalue weighted by atomic mass is 35.5. The van der Waals surface area contributed by atoms with Crippen LogP contribution in [0.2, 0.25) is 5.02 Å². The number of halogens is 2. The number of benzene rings is 1. The zero-order chi connectivity index (χ0) is 21.9. The average Bonchev–Trinajstić information content (AvgIpc) is 2.86. The van der Waals surface area contributed by atoms with E-state index in [1.807, 2.05) is 30.5 Å². The molecule has 5 rings (SSSR count). The fraction of sp³-hybridized carbons (Fsp3) is 0.348. The van der Waals surface area contributed by atoms with Gasteiger partial charge >= 0.3 is 0 Å². The fourth-order valence-electron chi connectivity index (χ4n) is 4.00. The monoisotopic (exact) mass is 454 g/mol. The average molecular weight is 455 g/mol. The van der Waals surface area contributed by atoms with E-state index in [1.165, 1.54) is 6.07 Å². The molecule has 0 radical (unpaired) electrons. The summed E-state index contributed by atoms with van der Waals surface area (Å²) >= 11 is 6.05. The lowest BCUT2D eigenvalue weighted by molar-refractivity contribution is 0.122. The standard InChI is InChI=1S/C23H24ClFN6O/c24-18-15-17(4-5-19(18)25)20-16-22(30-11-13-32-14-12-30)28-23(27-20)31-9-7-29(8-10-31)21-3-1-2-6-26-21/h1-6,15-16H,7-14H2. The Morgan fingerprint density at radius 1 is 0.812 bits per heavy atom. The molecule has 32 heavy (non-hydrogen) atoms. The summed E-state index contributed by atoms with van der Waals surface area (Å²) < 4.78 is 19.2. The van der Waals surface area contributed by atoms with E-state index in [4.69, 9.17) is 26.3 Å². The van der Waals surface area contributed by atoms with Crippen molar-refractivity contribution in [1.82, 2.24) is 15.0 Å². The molecule has 166 valence electrons. The smallest absolute Gasteiger partial charge is 0.228 e. The molecule has 0 spiro atoms. The first kappa shape index (κ1) is 20.9. The van der Waals surface area contributed by atoms with E-state index in [2.05, 4.69) is 19.7 Å². The lowest BCUT2D eigenvalue weighted by Gasteiger charge is -2.36. The highest BCUT2D eigenvalue weighted by Gasteiger charge is 2.23. The summed E-state index contributed by atoms with van der Waals surface area (Å²) in [6.45, 7) is 6.11. The molecule has 9 heteroatoms. The summed E-state index contributed by atoms with van der Waals surface area (Å²) in [5.74, 6) is 2.06. The molecule has 4 heterocycles. The van der Waals surface area contributed by atoms with Crippen LogP contribution in [0.5, 0.6) is 0 Å². The van der Waals surface area contributed by atoms with Crippen molar-refractivity contribution in [3.63, 3.8) is 0 Å². The molecule has 0 amide bonds. The van der Waals surface area contributed by atoms with Crippen molar-refractivity contribution in [2.75, 3.05) is 67.2 Å². The highest BCUT2D eigenvalue weighted by molar-refractivity contribution is 6.31. The number of hydrogen-bond acceptors (Lipinski definition) is 7. The maximum Gasteiger partial charge on any atom is 0.228 e. The summed E-state index contributed by atoms with van der Waals surface area (Å²) in [6, 6.07) is 12.6. The van der Waals surface area contributed by atoms with Crippen LogP contribution < -0.4 is 14.7 Å². The van der Waals surface area contributed by atoms with Crippen molar-refractivity contribution in [2.24, 2.45) is 0 Å². The minimum atomic E-state index is -0.441. The van der Waals surface area contributed by atoms with Gasteiger partial charge in [-0.05, 0) is 30.3 Å². The van der Waals surface area contributed by atoms with Crippen LogP contribution in [0.25, 0.3) is 11.3 Å². The molecular formula is C23H24ClFN6O. The Balaban J connectivity index is 1.44. The van der Waals surface area contributed by atoms with Crippen LogP contribution in [0.4, 0.5) is 22.0 Å². The van der Waals surface area contributed by atoms with Crippen LogP contribution in [0.15, 0.2) is 48.7 Å². The quantitative estimate of drug-likeness (QED) is 0.598. The van der Waals surface area contributed by atoms with Gasteiger partial charge < -0.3 is 19.4 Å². The third kappa shape index (κ3) is 4.47. The number of nitrogens with zero attached hydrogens (tertiary/aromatic N) is 6. The van der Waals surface area contributed by atoms with E-state index in [1.54, 1.807) is 12.1 Å². The second-order valence-electron chi connectivity index (χ2n) is 7.80. The van der Waals surface area contributed by atoms with Gasteiger partial charge in [-0.3, -0.25) is 0 Å². The van der Waals surface area contributed by atoms with Gasteiger partial charge in [-0.1, -0.05) is 17.7 Å². The number of hydrogen-bond donors (Lipinski definition) is 0. The van der Waals surface area contributed by atoms with Gasteiger partial charge in [0, 0.05) is 57.1 Å². The molecule has 1 aromatic carbocycles. The number of aromatic nitrogens is 3. The van der Waals surface area contributed by atoms with Gasteiger partial charge in [0.25, 0.3) is 0 Å². The van der Waals surface area contributed by atoms with E-state index in [9.17, 15) is 4.39 Å². The molecule has 2 aromatic heterocycles. The number of rotatable bonds is 4. The normalized spacial score (nSPS) is 17.0. The van der Waals surface area contributed by atoms with E-state index in [0.717, 1.165) is 62.2 Å². The Morgan fingerprint density at radius 2 is 1.56 bits per heavy atom. The predicted molar refractivity (Wildman–Crippen MR) is 124 cm³/mol. The third-order valence-electron chi connectivity index (χ3n) is 5.79. The number of pyridine rings is 1. The summed E-state index contributed by atoms with van der Waals surface area (Å²) in [6.07, 6.45) is 1.82. The fourth-order valence-corrected chi connectivity index (χ4v) is 4.18. The highest BCUT2D eigenvalue weighted by Crippen LogP contribution is 2.29. The van der Waals surface area contributed by atoms with Gasteiger partial charge in [-0.25, -0.2) is 14.4 Å². The Morgan fingerprint density at radius 3 is 2.28 bits per heavy atom. The molecule has 2 aliphatic heterocycles. The third-order valence-corrected chi connectivity index (χ3v) is 6.08. The second kappa shape index (κ2) is 9.26. The number of ether oxygens (including phenoxy) is 1. The van der Waals surface area contributed by atoms with E-state index < -0.39 is 5.82 Å². The summed E-state index contributed by atoms with van der Waals surface area (Å²) in [7, 11) is 0. The molecule has 0 unspecified atom stereocenters. The second-order valence-corrected chi connectivity index (χ2v) is 8.21. The maximum atomic E-state index is 13.7. The first-order valence-electron chi connectivity index (χ1n) is 10.8. The van der Waals surface area contributed by atoms with Crippen LogP contribution in [-0.4, -0.2) is 67.4 Å². The summed E-state index contributed by atoms with van der Waals surface area (Å²) in [4.78, 5) is 20.8. The van der Waals surface area contributed by atoms with Crippen LogP contribution in [0.3, 0.4) is 0 Å². The van der Waals surface area contributed by atoms with Crippen LogP contribution in [0, 0.1) is 5.82 Å². The molecule has 0 aliphatic carbocycles. The lowest BCUT2D eigenvalue weighted by Crippen LogP contribution is -2.47. The van der Waals surface area contributed by atoms with Gasteiger partial charge in [-0.15, -0.1) is 0 Å². The molecule has 7 nitrogen and oxygen atoms in total. The Kier molecular flexibility index (Phi) is 6.05. The first-order valence-corrected chi connectivity index (χ1v) is 11.1. The molecule has 2 aliphatic rings. The SMILES string of the molecule is Fc1ccc(-c2cc(N3CCOCC3)nc(N3CCN(c4ccccn4)CC3)n2)cc1Cl. The molecule has 0 N–H and O–H groups in total. The van der Waals surface area contributed by atoms with Gasteiger partial charge in [0.2, 0.25) is 5.95 Å². The predicted octanol–water partition coefficient (Wildman–Crippen LogP) is 3.49. The van der Waals surface area contributed by atoms with Crippen LogP contribution in [-0.2, 0) is 4.74 Å². The van der Waals surface area contributed by atoms with Crippen LogP contribution in [0.1, 0.15) is 0 Å². The summed E-state index contributed by atoms with van der Waals surface area (Å²) in [5, 5.41) is 0.0829. The minimum absolute atomic E-state index is 0.0829. The zero-order valence-corrected chi connectivity index (χ0v) is 18.4. The first-order chi connectivity index (χ1) is 15.7. The zero-order valence-electron chi connectivity index (χ0n) is 17.6. The van der Waals surface area contributed by atoms with Crippen molar-refractivity contribution in [3.8, 4) is 11.3 Å². The number of morpholine rings is 1. The Hall–Kier alpha value is -2.97. The van der Waals surface area contributed by atoms with E-state index in [0.29, 0.717) is 19.2 Å². The molecule has 0 bridgehead atoms. The topological polar surface area (TPSA) is 57.6 Å². The van der Waals surface area contributed by atoms with Crippen molar-refractivity contribution in [1.29, 1.82) is 0 Å². The summed E-state index contributed by atoms with van der Waals surface area (Å²) in [5.41, 5.74) is 1.49. The van der Waals surface area contributed by atoms with Gasteiger partial charge in [0.1, 0.15) is 17.5 Å². The van der Waals surface area contributed by atoms with Gasteiger partial charge in [-0.2, -0.15) is 4.98 Å².